The third kappa shape index (κ3) is 4.99. The third-order valence-electron chi connectivity index (χ3n) is 4.04. The van der Waals surface area contributed by atoms with Crippen molar-refractivity contribution in [3.8, 4) is 11.5 Å². The van der Waals surface area contributed by atoms with Crippen LogP contribution in [0.2, 0.25) is 0 Å². The van der Waals surface area contributed by atoms with Crippen LogP contribution in [0.25, 0.3) is 0 Å². The molecular weight excluding hydrogens is 332 g/mol. The summed E-state index contributed by atoms with van der Waals surface area (Å²) in [5, 5.41) is 5.71. The molecule has 2 amide bonds. The molecule has 0 atom stereocenters. The Morgan fingerprint density at radius 2 is 1.50 bits per heavy atom. The molecule has 1 fully saturated rings. The van der Waals surface area contributed by atoms with Gasteiger partial charge >= 0.3 is 0 Å². The van der Waals surface area contributed by atoms with E-state index in [9.17, 15) is 9.59 Å². The van der Waals surface area contributed by atoms with Crippen molar-refractivity contribution in [3.63, 3.8) is 0 Å². The van der Waals surface area contributed by atoms with E-state index < -0.39 is 0 Å². The molecule has 0 radical (unpaired) electrons. The minimum atomic E-state index is -0.197. The van der Waals surface area contributed by atoms with Gasteiger partial charge in [0.1, 0.15) is 18.1 Å². The maximum atomic E-state index is 12.1. The van der Waals surface area contributed by atoms with Crippen molar-refractivity contribution in [1.82, 2.24) is 10.6 Å². The van der Waals surface area contributed by atoms with Gasteiger partial charge in [0, 0.05) is 17.2 Å². The van der Waals surface area contributed by atoms with E-state index in [-0.39, 0.29) is 11.8 Å². The molecule has 0 aliphatic heterocycles. The molecule has 1 saturated carbocycles. The summed E-state index contributed by atoms with van der Waals surface area (Å²) in [7, 11) is 1.61. The molecule has 0 unspecified atom stereocenters. The molecule has 0 spiro atoms. The van der Waals surface area contributed by atoms with E-state index in [4.69, 9.17) is 9.47 Å². The number of carbonyl (C=O) groups excluding carboxylic acids is 2. The van der Waals surface area contributed by atoms with E-state index >= 15 is 0 Å². The number of carbonyl (C=O) groups is 2. The molecule has 0 bridgehead atoms. The first-order chi connectivity index (χ1) is 12.7. The maximum absolute atomic E-state index is 12.1. The van der Waals surface area contributed by atoms with Crippen molar-refractivity contribution in [2.75, 3.05) is 20.3 Å². The van der Waals surface area contributed by atoms with Crippen LogP contribution in [0.1, 0.15) is 33.6 Å². The summed E-state index contributed by atoms with van der Waals surface area (Å²) in [5.74, 6) is 1.19. The van der Waals surface area contributed by atoms with Crippen molar-refractivity contribution in [1.29, 1.82) is 0 Å². The lowest BCUT2D eigenvalue weighted by molar-refractivity contribution is 0.0937. The van der Waals surface area contributed by atoms with E-state index in [1.54, 1.807) is 31.4 Å². The zero-order chi connectivity index (χ0) is 18.4. The third-order valence-corrected chi connectivity index (χ3v) is 4.04. The van der Waals surface area contributed by atoms with Gasteiger partial charge in [0.25, 0.3) is 11.8 Å². The smallest absolute Gasteiger partial charge is 0.251 e. The molecule has 1 aliphatic carbocycles. The standard InChI is InChI=1S/C20H22N2O4/c1-25-17-8-10-18(11-9-17)26-13-12-21-19(23)14-2-4-15(5-3-14)20(24)22-16-6-7-16/h2-5,8-11,16H,6-7,12-13H2,1H3,(H,21,23)(H,22,24). The van der Waals surface area contributed by atoms with Gasteiger partial charge in [-0.05, 0) is 61.4 Å². The Labute approximate surface area is 152 Å². The summed E-state index contributed by atoms with van der Waals surface area (Å²) < 4.78 is 10.6. The summed E-state index contributed by atoms with van der Waals surface area (Å²) in [6.45, 7) is 0.745. The van der Waals surface area contributed by atoms with Crippen molar-refractivity contribution in [2.24, 2.45) is 0 Å². The molecule has 3 rings (SSSR count). The Kier molecular flexibility index (Phi) is 5.73. The maximum Gasteiger partial charge on any atom is 0.251 e. The molecule has 136 valence electrons. The molecular formula is C20H22N2O4. The molecule has 0 aromatic heterocycles. The summed E-state index contributed by atoms with van der Waals surface area (Å²) in [6, 6.07) is 14.2. The summed E-state index contributed by atoms with van der Waals surface area (Å²) in [6.07, 6.45) is 2.09. The molecule has 6 heteroatoms. The van der Waals surface area contributed by atoms with E-state index in [2.05, 4.69) is 10.6 Å². The largest absolute Gasteiger partial charge is 0.497 e. The van der Waals surface area contributed by atoms with Crippen LogP contribution in [0.3, 0.4) is 0 Å². The number of rotatable bonds is 8. The van der Waals surface area contributed by atoms with Gasteiger partial charge in [-0.25, -0.2) is 0 Å². The topological polar surface area (TPSA) is 76.7 Å². The first-order valence-electron chi connectivity index (χ1n) is 8.61. The SMILES string of the molecule is COc1ccc(OCCNC(=O)c2ccc(C(=O)NC3CC3)cc2)cc1. The number of hydrogen-bond acceptors (Lipinski definition) is 4. The van der Waals surface area contributed by atoms with Gasteiger partial charge in [0.2, 0.25) is 0 Å². The zero-order valence-electron chi connectivity index (χ0n) is 14.7. The van der Waals surface area contributed by atoms with Gasteiger partial charge in [-0.15, -0.1) is 0 Å². The number of benzene rings is 2. The highest BCUT2D eigenvalue weighted by molar-refractivity contribution is 5.98. The fourth-order valence-electron chi connectivity index (χ4n) is 2.38. The second kappa shape index (κ2) is 8.38. The lowest BCUT2D eigenvalue weighted by Gasteiger charge is -2.09. The fourth-order valence-corrected chi connectivity index (χ4v) is 2.38. The minimum Gasteiger partial charge on any atom is -0.497 e. The summed E-state index contributed by atoms with van der Waals surface area (Å²) in [5.41, 5.74) is 1.08. The Balaban J connectivity index is 1.41. The van der Waals surface area contributed by atoms with Gasteiger partial charge in [0.05, 0.1) is 13.7 Å². The monoisotopic (exact) mass is 354 g/mol. The average Bonchev–Trinajstić information content (AvgIpc) is 3.49. The lowest BCUT2D eigenvalue weighted by Crippen LogP contribution is -2.28. The van der Waals surface area contributed by atoms with Crippen LogP contribution in [-0.4, -0.2) is 38.1 Å². The van der Waals surface area contributed by atoms with Crippen LogP contribution in [0.4, 0.5) is 0 Å². The van der Waals surface area contributed by atoms with Crippen molar-refractivity contribution in [3.05, 3.63) is 59.7 Å². The Morgan fingerprint density at radius 3 is 2.08 bits per heavy atom. The van der Waals surface area contributed by atoms with Crippen LogP contribution >= 0.6 is 0 Å². The van der Waals surface area contributed by atoms with Gasteiger partial charge in [0.15, 0.2) is 0 Å². The quantitative estimate of drug-likeness (QED) is 0.714. The fraction of sp³-hybridized carbons (Fsp3) is 0.300. The number of hydrogen-bond donors (Lipinski definition) is 2. The number of amides is 2. The molecule has 26 heavy (non-hydrogen) atoms. The second-order valence-corrected chi connectivity index (χ2v) is 6.10. The zero-order valence-corrected chi connectivity index (χ0v) is 14.7. The summed E-state index contributed by atoms with van der Waals surface area (Å²) in [4.78, 5) is 24.1. The normalized spacial score (nSPS) is 13.0. The van der Waals surface area contributed by atoms with Crippen LogP contribution in [0, 0.1) is 0 Å². The van der Waals surface area contributed by atoms with Gasteiger partial charge in [-0.3, -0.25) is 9.59 Å². The van der Waals surface area contributed by atoms with Crippen LogP contribution < -0.4 is 20.1 Å². The Morgan fingerprint density at radius 1 is 0.923 bits per heavy atom. The predicted molar refractivity (Wildman–Crippen MR) is 97.8 cm³/mol. The van der Waals surface area contributed by atoms with Gasteiger partial charge in [-0.1, -0.05) is 0 Å². The lowest BCUT2D eigenvalue weighted by atomic mass is 10.1. The van der Waals surface area contributed by atoms with E-state index in [0.29, 0.717) is 36.1 Å². The number of ether oxygens (including phenoxy) is 2. The Bertz CT molecular complexity index is 752. The van der Waals surface area contributed by atoms with Gasteiger partial charge in [-0.2, -0.15) is 0 Å². The highest BCUT2D eigenvalue weighted by Crippen LogP contribution is 2.19. The van der Waals surface area contributed by atoms with Crippen LogP contribution in [-0.2, 0) is 0 Å². The van der Waals surface area contributed by atoms with Crippen LogP contribution in [0.5, 0.6) is 11.5 Å². The second-order valence-electron chi connectivity index (χ2n) is 6.10. The molecule has 0 saturated heterocycles. The Hall–Kier alpha value is -3.02. The molecule has 6 nitrogen and oxygen atoms in total. The van der Waals surface area contributed by atoms with E-state index in [1.165, 1.54) is 0 Å². The first-order valence-corrected chi connectivity index (χ1v) is 8.61. The highest BCUT2D eigenvalue weighted by atomic mass is 16.5. The molecule has 1 aliphatic rings. The van der Waals surface area contributed by atoms with E-state index in [1.807, 2.05) is 24.3 Å². The average molecular weight is 354 g/mol. The molecule has 2 aromatic rings. The van der Waals surface area contributed by atoms with Crippen LogP contribution in [0.15, 0.2) is 48.5 Å². The van der Waals surface area contributed by atoms with Crippen molar-refractivity contribution < 1.29 is 19.1 Å². The predicted octanol–water partition coefficient (Wildman–Crippen LogP) is 2.40. The number of methoxy groups -OCH3 is 1. The van der Waals surface area contributed by atoms with E-state index in [0.717, 1.165) is 18.6 Å². The first kappa shape index (κ1) is 17.8. The molecule has 0 heterocycles. The molecule has 2 aromatic carbocycles. The van der Waals surface area contributed by atoms with Gasteiger partial charge < -0.3 is 20.1 Å². The molecule has 2 N–H and O–H groups in total. The number of nitrogens with one attached hydrogen (secondary N) is 2. The van der Waals surface area contributed by atoms with Crippen molar-refractivity contribution in [2.45, 2.75) is 18.9 Å². The van der Waals surface area contributed by atoms with Crippen molar-refractivity contribution >= 4 is 11.8 Å². The summed E-state index contributed by atoms with van der Waals surface area (Å²) >= 11 is 0. The highest BCUT2D eigenvalue weighted by Gasteiger charge is 2.23. The minimum absolute atomic E-state index is 0.0904.